The van der Waals surface area contributed by atoms with Crippen molar-refractivity contribution in [2.24, 2.45) is 0 Å². The molecule has 0 spiro atoms. The van der Waals surface area contributed by atoms with Crippen LogP contribution in [0.25, 0.3) is 21.8 Å². The van der Waals surface area contributed by atoms with E-state index in [0.717, 1.165) is 37.4 Å². The van der Waals surface area contributed by atoms with Crippen LogP contribution in [0.5, 0.6) is 0 Å². The van der Waals surface area contributed by atoms with Crippen molar-refractivity contribution < 1.29 is 4.79 Å². The normalized spacial score (nSPS) is 10.7. The summed E-state index contributed by atoms with van der Waals surface area (Å²) in [5.41, 5.74) is 6.53. The van der Waals surface area contributed by atoms with Gasteiger partial charge in [0.25, 0.3) is 0 Å². The summed E-state index contributed by atoms with van der Waals surface area (Å²) < 4.78 is 1.01. The number of aromatic nitrogens is 1. The second-order valence-electron chi connectivity index (χ2n) is 7.18. The Bertz CT molecular complexity index is 1130. The van der Waals surface area contributed by atoms with Crippen LogP contribution in [0.4, 0.5) is 0 Å². The van der Waals surface area contributed by atoms with Crippen molar-refractivity contribution in [3.63, 3.8) is 0 Å². The molecule has 0 saturated carbocycles. The van der Waals surface area contributed by atoms with Gasteiger partial charge in [-0.3, -0.25) is 4.79 Å². The van der Waals surface area contributed by atoms with Crippen molar-refractivity contribution in [2.45, 2.75) is 19.9 Å². The minimum Gasteiger partial charge on any atom is -0.352 e. The molecule has 0 radical (unpaired) electrons. The standard InChI is InChI=1S/C25H21BrN2OS/c1-17-2-8-20(9-3-17)23-16-30-25(28-23)21-10-4-19(5-11-21)15-27-24(29)14-18-6-12-22(26)13-7-18/h2-13,16H,14-15H2,1H3,(H,27,29). The van der Waals surface area contributed by atoms with Gasteiger partial charge in [0.15, 0.2) is 0 Å². The van der Waals surface area contributed by atoms with Gasteiger partial charge in [0.1, 0.15) is 5.01 Å². The molecule has 0 unspecified atom stereocenters. The monoisotopic (exact) mass is 476 g/mol. The fraction of sp³-hybridized carbons (Fsp3) is 0.120. The maximum absolute atomic E-state index is 12.2. The van der Waals surface area contributed by atoms with E-state index in [0.29, 0.717) is 13.0 Å². The molecule has 30 heavy (non-hydrogen) atoms. The lowest BCUT2D eigenvalue weighted by Crippen LogP contribution is -2.24. The van der Waals surface area contributed by atoms with Gasteiger partial charge in [-0.25, -0.2) is 4.98 Å². The quantitative estimate of drug-likeness (QED) is 0.349. The molecule has 0 saturated heterocycles. The number of rotatable bonds is 6. The van der Waals surface area contributed by atoms with Crippen LogP contribution in [0.1, 0.15) is 16.7 Å². The van der Waals surface area contributed by atoms with Gasteiger partial charge in [-0.15, -0.1) is 11.3 Å². The van der Waals surface area contributed by atoms with Crippen LogP contribution in [0.15, 0.2) is 82.6 Å². The average molecular weight is 477 g/mol. The fourth-order valence-electron chi connectivity index (χ4n) is 3.08. The van der Waals surface area contributed by atoms with Gasteiger partial charge in [-0.1, -0.05) is 82.2 Å². The highest BCUT2D eigenvalue weighted by Crippen LogP contribution is 2.29. The zero-order chi connectivity index (χ0) is 20.9. The maximum atomic E-state index is 12.2. The predicted molar refractivity (Wildman–Crippen MR) is 127 cm³/mol. The molecule has 0 fully saturated rings. The van der Waals surface area contributed by atoms with E-state index in [1.54, 1.807) is 11.3 Å². The Labute approximate surface area is 189 Å². The zero-order valence-corrected chi connectivity index (χ0v) is 19.0. The Morgan fingerprint density at radius 3 is 2.23 bits per heavy atom. The average Bonchev–Trinajstić information content (AvgIpc) is 3.25. The number of carbonyl (C=O) groups excluding carboxylic acids is 1. The SMILES string of the molecule is Cc1ccc(-c2csc(-c3ccc(CNC(=O)Cc4ccc(Br)cc4)cc3)n2)cc1. The molecule has 5 heteroatoms. The third-order valence-electron chi connectivity index (χ3n) is 4.82. The van der Waals surface area contributed by atoms with Gasteiger partial charge in [0.2, 0.25) is 5.91 Å². The highest BCUT2D eigenvalue weighted by Gasteiger charge is 2.08. The third kappa shape index (κ3) is 5.23. The van der Waals surface area contributed by atoms with E-state index in [4.69, 9.17) is 4.98 Å². The minimum atomic E-state index is 0.0177. The molecule has 3 nitrogen and oxygen atoms in total. The van der Waals surface area contributed by atoms with Crippen molar-refractivity contribution in [3.05, 3.63) is 99.3 Å². The minimum absolute atomic E-state index is 0.0177. The first-order chi connectivity index (χ1) is 14.6. The van der Waals surface area contributed by atoms with Crippen molar-refractivity contribution >= 4 is 33.2 Å². The highest BCUT2D eigenvalue weighted by molar-refractivity contribution is 9.10. The highest BCUT2D eigenvalue weighted by atomic mass is 79.9. The Balaban J connectivity index is 1.35. The molecule has 4 aromatic rings. The molecule has 0 aliphatic heterocycles. The van der Waals surface area contributed by atoms with E-state index >= 15 is 0 Å². The van der Waals surface area contributed by atoms with E-state index in [-0.39, 0.29) is 5.91 Å². The second kappa shape index (κ2) is 9.37. The fourth-order valence-corrected chi connectivity index (χ4v) is 4.18. The Morgan fingerprint density at radius 2 is 1.53 bits per heavy atom. The molecule has 0 atom stereocenters. The van der Waals surface area contributed by atoms with Crippen LogP contribution < -0.4 is 5.32 Å². The number of hydrogen-bond acceptors (Lipinski definition) is 3. The lowest BCUT2D eigenvalue weighted by atomic mass is 10.1. The summed E-state index contributed by atoms with van der Waals surface area (Å²) >= 11 is 5.05. The van der Waals surface area contributed by atoms with Gasteiger partial charge in [-0.2, -0.15) is 0 Å². The number of benzene rings is 3. The van der Waals surface area contributed by atoms with Crippen LogP contribution in [0.2, 0.25) is 0 Å². The van der Waals surface area contributed by atoms with Crippen molar-refractivity contribution in [1.82, 2.24) is 10.3 Å². The molecule has 3 aromatic carbocycles. The number of thiazole rings is 1. The first-order valence-electron chi connectivity index (χ1n) is 9.70. The van der Waals surface area contributed by atoms with Gasteiger partial charge < -0.3 is 5.32 Å². The molecule has 1 heterocycles. The van der Waals surface area contributed by atoms with Crippen molar-refractivity contribution in [1.29, 1.82) is 0 Å². The lowest BCUT2D eigenvalue weighted by molar-refractivity contribution is -0.120. The second-order valence-corrected chi connectivity index (χ2v) is 8.95. The van der Waals surface area contributed by atoms with E-state index in [2.05, 4.69) is 69.9 Å². The number of halogens is 1. The summed E-state index contributed by atoms with van der Waals surface area (Å²) in [6.07, 6.45) is 0.381. The first kappa shape index (κ1) is 20.5. The number of nitrogens with zero attached hydrogens (tertiary/aromatic N) is 1. The van der Waals surface area contributed by atoms with E-state index < -0.39 is 0 Å². The van der Waals surface area contributed by atoms with E-state index in [1.807, 2.05) is 36.4 Å². The van der Waals surface area contributed by atoms with Gasteiger partial charge in [-0.05, 0) is 30.2 Å². The maximum Gasteiger partial charge on any atom is 0.224 e. The van der Waals surface area contributed by atoms with Crippen LogP contribution in [0.3, 0.4) is 0 Å². The van der Waals surface area contributed by atoms with Crippen molar-refractivity contribution in [3.8, 4) is 21.8 Å². The summed E-state index contributed by atoms with van der Waals surface area (Å²) in [6, 6.07) is 24.4. The zero-order valence-electron chi connectivity index (χ0n) is 16.6. The first-order valence-corrected chi connectivity index (χ1v) is 11.4. The molecule has 0 aliphatic rings. The molecule has 1 amide bonds. The summed E-state index contributed by atoms with van der Waals surface area (Å²) in [6.45, 7) is 2.60. The topological polar surface area (TPSA) is 42.0 Å². The number of amides is 1. The lowest BCUT2D eigenvalue weighted by Gasteiger charge is -2.06. The third-order valence-corrected chi connectivity index (χ3v) is 6.24. The van der Waals surface area contributed by atoms with E-state index in [1.165, 1.54) is 5.56 Å². The Morgan fingerprint density at radius 1 is 0.900 bits per heavy atom. The Hall–Kier alpha value is -2.76. The number of aryl methyl sites for hydroxylation is 1. The van der Waals surface area contributed by atoms with Crippen LogP contribution in [-0.2, 0) is 17.8 Å². The van der Waals surface area contributed by atoms with Crippen LogP contribution >= 0.6 is 27.3 Å². The summed E-state index contributed by atoms with van der Waals surface area (Å²) in [7, 11) is 0. The summed E-state index contributed by atoms with van der Waals surface area (Å²) in [4.78, 5) is 17.0. The summed E-state index contributed by atoms with van der Waals surface area (Å²) in [5.74, 6) is 0.0177. The molecule has 1 aromatic heterocycles. The largest absolute Gasteiger partial charge is 0.352 e. The molecular weight excluding hydrogens is 456 g/mol. The van der Waals surface area contributed by atoms with Gasteiger partial charge >= 0.3 is 0 Å². The predicted octanol–water partition coefficient (Wildman–Crippen LogP) is 6.41. The molecule has 0 bridgehead atoms. The molecule has 4 rings (SSSR count). The smallest absolute Gasteiger partial charge is 0.224 e. The molecular formula is C25H21BrN2OS. The molecule has 1 N–H and O–H groups in total. The molecule has 0 aliphatic carbocycles. The van der Waals surface area contributed by atoms with Gasteiger partial charge in [0, 0.05) is 27.5 Å². The Kier molecular flexibility index (Phi) is 6.41. The number of nitrogens with one attached hydrogen (secondary N) is 1. The summed E-state index contributed by atoms with van der Waals surface area (Å²) in [5, 5.41) is 6.08. The number of carbonyl (C=O) groups is 1. The van der Waals surface area contributed by atoms with Crippen LogP contribution in [-0.4, -0.2) is 10.9 Å². The van der Waals surface area contributed by atoms with Gasteiger partial charge in [0.05, 0.1) is 12.1 Å². The number of hydrogen-bond donors (Lipinski definition) is 1. The van der Waals surface area contributed by atoms with Crippen LogP contribution in [0, 0.1) is 6.92 Å². The van der Waals surface area contributed by atoms with Crippen molar-refractivity contribution in [2.75, 3.05) is 0 Å². The van der Waals surface area contributed by atoms with E-state index in [9.17, 15) is 4.79 Å². The molecule has 150 valence electrons.